The zero-order chi connectivity index (χ0) is 14.0. The van der Waals surface area contributed by atoms with Crippen LogP contribution >= 0.6 is 11.6 Å². The lowest BCUT2D eigenvalue weighted by Crippen LogP contribution is -2.33. The summed E-state index contributed by atoms with van der Waals surface area (Å²) in [5.74, 6) is 0. The van der Waals surface area contributed by atoms with Gasteiger partial charge in [-0.15, -0.1) is 0 Å². The molecule has 3 N–H and O–H groups in total. The van der Waals surface area contributed by atoms with Gasteiger partial charge in [-0.25, -0.2) is 13.1 Å². The molecule has 0 aliphatic rings. The van der Waals surface area contributed by atoms with Crippen LogP contribution in [0.15, 0.2) is 23.1 Å². The van der Waals surface area contributed by atoms with E-state index in [9.17, 15) is 8.42 Å². The number of anilines is 1. The van der Waals surface area contributed by atoms with Crippen molar-refractivity contribution >= 4 is 27.3 Å². The number of nitrogens with one attached hydrogen (secondary N) is 1. The highest BCUT2D eigenvalue weighted by Crippen LogP contribution is 2.23. The average molecular weight is 291 g/mol. The first-order valence-electron chi connectivity index (χ1n) is 5.73. The average Bonchev–Trinajstić information content (AvgIpc) is 2.30. The number of benzene rings is 1. The Morgan fingerprint density at radius 3 is 2.50 bits per heavy atom. The molecule has 1 rings (SSSR count). The van der Waals surface area contributed by atoms with Crippen LogP contribution in [0.4, 0.5) is 5.69 Å². The van der Waals surface area contributed by atoms with Gasteiger partial charge >= 0.3 is 0 Å². The third kappa shape index (κ3) is 3.86. The highest BCUT2D eigenvalue weighted by atomic mass is 35.5. The van der Waals surface area contributed by atoms with E-state index >= 15 is 0 Å². The van der Waals surface area contributed by atoms with Crippen molar-refractivity contribution in [1.29, 1.82) is 0 Å². The summed E-state index contributed by atoms with van der Waals surface area (Å²) >= 11 is 5.76. The lowest BCUT2D eigenvalue weighted by atomic mass is 9.91. The van der Waals surface area contributed by atoms with Gasteiger partial charge in [0.1, 0.15) is 0 Å². The van der Waals surface area contributed by atoms with Crippen molar-refractivity contribution in [3.63, 3.8) is 0 Å². The Hall–Kier alpha value is -0.780. The second-order valence-corrected chi connectivity index (χ2v) is 7.20. The van der Waals surface area contributed by atoms with Crippen LogP contribution in [-0.2, 0) is 10.0 Å². The summed E-state index contributed by atoms with van der Waals surface area (Å²) in [6, 6.07) is 4.29. The number of nitrogens with two attached hydrogens (primary N) is 1. The Morgan fingerprint density at radius 2 is 2.00 bits per heavy atom. The monoisotopic (exact) mass is 290 g/mol. The molecule has 0 atom stereocenters. The van der Waals surface area contributed by atoms with Crippen LogP contribution in [0.2, 0.25) is 5.02 Å². The van der Waals surface area contributed by atoms with Crippen molar-refractivity contribution in [2.24, 2.45) is 5.41 Å². The van der Waals surface area contributed by atoms with Crippen LogP contribution in [0.3, 0.4) is 0 Å². The van der Waals surface area contributed by atoms with Gasteiger partial charge in [-0.05, 0) is 30.0 Å². The summed E-state index contributed by atoms with van der Waals surface area (Å²) in [6.07, 6.45) is 0.887. The van der Waals surface area contributed by atoms with Gasteiger partial charge in [0.25, 0.3) is 0 Å². The zero-order valence-corrected chi connectivity index (χ0v) is 12.4. The Labute approximate surface area is 114 Å². The van der Waals surface area contributed by atoms with Crippen LogP contribution in [0, 0.1) is 5.41 Å². The Bertz CT molecular complexity index is 527. The van der Waals surface area contributed by atoms with E-state index in [0.29, 0.717) is 11.6 Å². The van der Waals surface area contributed by atoms with Gasteiger partial charge in [0.05, 0.1) is 15.6 Å². The minimum atomic E-state index is -3.53. The maximum atomic E-state index is 12.0. The molecule has 1 aromatic rings. The van der Waals surface area contributed by atoms with E-state index in [2.05, 4.69) is 4.72 Å². The van der Waals surface area contributed by atoms with Gasteiger partial charge in [0.2, 0.25) is 10.0 Å². The molecule has 4 nitrogen and oxygen atoms in total. The van der Waals surface area contributed by atoms with Crippen molar-refractivity contribution in [1.82, 2.24) is 4.72 Å². The van der Waals surface area contributed by atoms with Crippen LogP contribution in [0.5, 0.6) is 0 Å². The molecule has 0 radical (unpaired) electrons. The molecular formula is C12H19ClN2O2S. The Kier molecular flexibility index (Phi) is 4.64. The standard InChI is InChI=1S/C12H19ClN2O2S/c1-4-12(2,3)8-15-18(16,17)9-5-6-10(13)11(14)7-9/h5-7,15H,4,8,14H2,1-3H3. The molecule has 102 valence electrons. The molecule has 0 aromatic heterocycles. The van der Waals surface area contributed by atoms with Gasteiger partial charge in [-0.1, -0.05) is 32.4 Å². The highest BCUT2D eigenvalue weighted by Gasteiger charge is 2.21. The van der Waals surface area contributed by atoms with Crippen molar-refractivity contribution in [2.75, 3.05) is 12.3 Å². The van der Waals surface area contributed by atoms with E-state index in [1.807, 2.05) is 20.8 Å². The normalized spacial score (nSPS) is 12.7. The third-order valence-corrected chi connectivity index (χ3v) is 4.72. The second kappa shape index (κ2) is 5.47. The van der Waals surface area contributed by atoms with E-state index in [1.165, 1.54) is 18.2 Å². The van der Waals surface area contributed by atoms with Crippen LogP contribution < -0.4 is 10.5 Å². The predicted octanol–water partition coefficient (Wildman–Crippen LogP) is 2.64. The number of nitrogen functional groups attached to an aromatic ring is 1. The summed E-state index contributed by atoms with van der Waals surface area (Å²) in [5.41, 5.74) is 5.78. The fourth-order valence-electron chi connectivity index (χ4n) is 1.19. The van der Waals surface area contributed by atoms with Crippen LogP contribution in [0.25, 0.3) is 0 Å². The van der Waals surface area contributed by atoms with Gasteiger partial charge in [-0.3, -0.25) is 0 Å². The Balaban J connectivity index is 2.90. The molecular weight excluding hydrogens is 272 g/mol. The summed E-state index contributed by atoms with van der Waals surface area (Å²) in [6.45, 7) is 6.42. The molecule has 0 saturated heterocycles. The van der Waals surface area contributed by atoms with Crippen molar-refractivity contribution in [3.8, 4) is 0 Å². The number of hydrogen-bond acceptors (Lipinski definition) is 3. The quantitative estimate of drug-likeness (QED) is 0.819. The zero-order valence-electron chi connectivity index (χ0n) is 10.8. The fraction of sp³-hybridized carbons (Fsp3) is 0.500. The first-order valence-corrected chi connectivity index (χ1v) is 7.59. The van der Waals surface area contributed by atoms with E-state index in [0.717, 1.165) is 6.42 Å². The summed E-state index contributed by atoms with van der Waals surface area (Å²) < 4.78 is 26.7. The molecule has 0 heterocycles. The van der Waals surface area contributed by atoms with E-state index < -0.39 is 10.0 Å². The van der Waals surface area contributed by atoms with Crippen molar-refractivity contribution in [2.45, 2.75) is 32.1 Å². The number of sulfonamides is 1. The summed E-state index contributed by atoms with van der Waals surface area (Å²) in [4.78, 5) is 0.135. The fourth-order valence-corrected chi connectivity index (χ4v) is 2.58. The highest BCUT2D eigenvalue weighted by molar-refractivity contribution is 7.89. The molecule has 0 amide bonds. The minimum absolute atomic E-state index is 0.0783. The van der Waals surface area contributed by atoms with E-state index in [4.69, 9.17) is 17.3 Å². The maximum Gasteiger partial charge on any atom is 0.240 e. The lowest BCUT2D eigenvalue weighted by Gasteiger charge is -2.22. The molecule has 6 heteroatoms. The lowest BCUT2D eigenvalue weighted by molar-refractivity contribution is 0.350. The second-order valence-electron chi connectivity index (χ2n) is 5.03. The molecule has 1 aromatic carbocycles. The van der Waals surface area contributed by atoms with Crippen LogP contribution in [-0.4, -0.2) is 15.0 Å². The molecule has 0 spiro atoms. The van der Waals surface area contributed by atoms with Gasteiger partial charge in [0.15, 0.2) is 0 Å². The van der Waals surface area contributed by atoms with Crippen LogP contribution in [0.1, 0.15) is 27.2 Å². The van der Waals surface area contributed by atoms with E-state index in [-0.39, 0.29) is 16.0 Å². The first-order chi connectivity index (χ1) is 8.18. The third-order valence-electron chi connectivity index (χ3n) is 2.98. The molecule has 18 heavy (non-hydrogen) atoms. The largest absolute Gasteiger partial charge is 0.397 e. The molecule has 0 unspecified atom stereocenters. The molecule has 0 saturated carbocycles. The smallest absolute Gasteiger partial charge is 0.240 e. The van der Waals surface area contributed by atoms with Crippen molar-refractivity contribution in [3.05, 3.63) is 23.2 Å². The summed E-state index contributed by atoms with van der Waals surface area (Å²) in [7, 11) is -3.53. The Morgan fingerprint density at radius 1 is 1.39 bits per heavy atom. The topological polar surface area (TPSA) is 72.2 Å². The van der Waals surface area contributed by atoms with Crippen molar-refractivity contribution < 1.29 is 8.42 Å². The van der Waals surface area contributed by atoms with Gasteiger partial charge in [0, 0.05) is 6.54 Å². The molecule has 0 aliphatic carbocycles. The predicted molar refractivity (Wildman–Crippen MR) is 75.1 cm³/mol. The minimum Gasteiger partial charge on any atom is -0.397 e. The molecule has 0 aliphatic heterocycles. The first kappa shape index (κ1) is 15.3. The number of hydrogen-bond donors (Lipinski definition) is 2. The molecule has 0 bridgehead atoms. The number of rotatable bonds is 5. The van der Waals surface area contributed by atoms with E-state index in [1.54, 1.807) is 0 Å². The SMILES string of the molecule is CCC(C)(C)CNS(=O)(=O)c1ccc(Cl)c(N)c1. The van der Waals surface area contributed by atoms with Gasteiger partial charge < -0.3 is 5.73 Å². The summed E-state index contributed by atoms with van der Waals surface area (Å²) in [5, 5.41) is 0.350. The van der Waals surface area contributed by atoms with Gasteiger partial charge in [-0.2, -0.15) is 0 Å². The maximum absolute atomic E-state index is 12.0. The molecule has 0 fully saturated rings. The number of halogens is 1.